The van der Waals surface area contributed by atoms with E-state index in [0.29, 0.717) is 59.6 Å². The number of nitrogens with one attached hydrogen (secondary N) is 2. The first-order valence-electron chi connectivity index (χ1n) is 20.3. The van der Waals surface area contributed by atoms with E-state index >= 15 is 4.39 Å². The summed E-state index contributed by atoms with van der Waals surface area (Å²) in [5.41, 5.74) is 6.98. The lowest BCUT2D eigenvalue weighted by atomic mass is 10.0. The third-order valence-electron chi connectivity index (χ3n) is 12.0. The van der Waals surface area contributed by atoms with Crippen molar-refractivity contribution in [1.82, 2.24) is 34.8 Å². The maximum atomic E-state index is 15.4. The van der Waals surface area contributed by atoms with E-state index in [9.17, 15) is 19.2 Å². The van der Waals surface area contributed by atoms with Gasteiger partial charge >= 0.3 is 0 Å². The van der Waals surface area contributed by atoms with Gasteiger partial charge in [-0.15, -0.1) is 0 Å². The Kier molecular flexibility index (Phi) is 10.2. The molecule has 15 nitrogen and oxygen atoms in total. The number of piperazine rings is 1. The van der Waals surface area contributed by atoms with Gasteiger partial charge in [0.2, 0.25) is 23.7 Å². The zero-order chi connectivity index (χ0) is 40.9. The van der Waals surface area contributed by atoms with Crippen LogP contribution in [-0.2, 0) is 36.3 Å². The zero-order valence-electron chi connectivity index (χ0n) is 33.5. The SMILES string of the molecule is Cc1cc2cc(n1)-c1cnn(C)c1OCCC[C@@H](C)CN1/C(=N/C2=O)Nc2ccc(CN3CCN(Cc4cc5c(cc4F)C(=O)N(C4CCC(=O)NC4=O)C5)CC3)cc21. The van der Waals surface area contributed by atoms with Crippen LogP contribution < -0.4 is 20.3 Å². The van der Waals surface area contributed by atoms with Crippen molar-refractivity contribution in [2.45, 2.75) is 65.2 Å². The standard InChI is InChI=1S/C43H47FN10O5/c1-25-5-4-14-59-42-32(20-45-50(42)3)35-18-28(15-26(2)46-35)39(56)49-43-47-34-7-6-27(16-37(34)54(43)21-25)22-51-10-12-52(13-11-51)23-30-17-29-24-53(41(58)31(29)19-33(30)44)36-8-9-38(55)48-40(36)57/h6-7,15-20,25,36H,4-5,8-14,21-24H2,1-3H3,(H,47,49,56)(H,48,55,57)/t25-,36?/m1/s1. The van der Waals surface area contributed by atoms with Crippen LogP contribution in [0.25, 0.3) is 11.3 Å². The molecule has 5 aliphatic rings. The number of piperidine rings is 1. The quantitative estimate of drug-likeness (QED) is 0.278. The van der Waals surface area contributed by atoms with Crippen molar-refractivity contribution in [3.05, 3.63) is 88.0 Å². The molecule has 59 heavy (non-hydrogen) atoms. The Morgan fingerprint density at radius 3 is 2.53 bits per heavy atom. The van der Waals surface area contributed by atoms with Gasteiger partial charge in [-0.2, -0.15) is 10.1 Å². The fraction of sp³-hybridized carbons (Fsp3) is 0.419. The number of pyridine rings is 1. The third kappa shape index (κ3) is 7.69. The molecule has 7 heterocycles. The number of guanidine groups is 1. The van der Waals surface area contributed by atoms with Crippen LogP contribution in [0.2, 0.25) is 0 Å². The molecule has 2 atom stereocenters. The van der Waals surface area contributed by atoms with E-state index in [4.69, 9.17) is 9.72 Å². The van der Waals surface area contributed by atoms with Crippen LogP contribution in [0.4, 0.5) is 15.8 Å². The lowest BCUT2D eigenvalue weighted by molar-refractivity contribution is -0.136. The van der Waals surface area contributed by atoms with E-state index in [1.54, 1.807) is 29.1 Å². The molecule has 0 radical (unpaired) electrons. The van der Waals surface area contributed by atoms with Crippen LogP contribution in [-0.4, -0.2) is 104 Å². The topological polar surface area (TPSA) is 158 Å². The fourth-order valence-corrected chi connectivity index (χ4v) is 8.81. The number of carbonyl (C=O) groups is 4. The molecule has 0 aliphatic carbocycles. The van der Waals surface area contributed by atoms with Gasteiger partial charge in [-0.3, -0.25) is 39.3 Å². The summed E-state index contributed by atoms with van der Waals surface area (Å²) >= 11 is 0. The average Bonchev–Trinajstić information content (AvgIpc) is 3.85. The summed E-state index contributed by atoms with van der Waals surface area (Å²) in [4.78, 5) is 68.6. The number of ether oxygens (including phenoxy) is 1. The van der Waals surface area contributed by atoms with Gasteiger partial charge in [-0.1, -0.05) is 13.0 Å². The number of aromatic nitrogens is 3. The molecule has 0 spiro atoms. The maximum absolute atomic E-state index is 15.4. The summed E-state index contributed by atoms with van der Waals surface area (Å²) in [5, 5.41) is 10.1. The number of aryl methyl sites for hydroxylation is 2. The summed E-state index contributed by atoms with van der Waals surface area (Å²) in [7, 11) is 1.84. The van der Waals surface area contributed by atoms with Gasteiger partial charge in [0, 0.05) is 88.2 Å². The average molecular weight is 803 g/mol. The van der Waals surface area contributed by atoms with Crippen LogP contribution in [0.3, 0.4) is 0 Å². The van der Waals surface area contributed by atoms with E-state index in [-0.39, 0.29) is 48.6 Å². The second kappa shape index (κ2) is 15.6. The lowest BCUT2D eigenvalue weighted by Crippen LogP contribution is -2.52. The van der Waals surface area contributed by atoms with Crippen molar-refractivity contribution in [3.8, 4) is 17.1 Å². The summed E-state index contributed by atoms with van der Waals surface area (Å²) in [6.07, 6.45) is 3.89. The van der Waals surface area contributed by atoms with Gasteiger partial charge in [-0.25, -0.2) is 9.07 Å². The van der Waals surface area contributed by atoms with Gasteiger partial charge in [0.05, 0.1) is 35.4 Å². The van der Waals surface area contributed by atoms with Crippen molar-refractivity contribution in [2.24, 2.45) is 18.0 Å². The summed E-state index contributed by atoms with van der Waals surface area (Å²) in [6.45, 7) is 9.67. The van der Waals surface area contributed by atoms with Crippen molar-refractivity contribution in [3.63, 3.8) is 0 Å². The summed E-state index contributed by atoms with van der Waals surface area (Å²) < 4.78 is 23.3. The number of amides is 4. The molecule has 2 fully saturated rings. The highest BCUT2D eigenvalue weighted by Gasteiger charge is 2.40. The number of imide groups is 1. The van der Waals surface area contributed by atoms with E-state index < -0.39 is 17.8 Å². The Balaban J connectivity index is 0.868. The van der Waals surface area contributed by atoms with Crippen LogP contribution >= 0.6 is 0 Å². The number of aliphatic imine (C=N–C) groups is 1. The summed E-state index contributed by atoms with van der Waals surface area (Å²) in [6, 6.07) is 12.2. The number of nitrogens with zero attached hydrogens (tertiary/aromatic N) is 8. The smallest absolute Gasteiger partial charge is 0.280 e. The number of anilines is 2. The maximum Gasteiger partial charge on any atom is 0.280 e. The number of fused-ring (bicyclic) bond motifs is 8. The first kappa shape index (κ1) is 38.5. The molecule has 2 aromatic carbocycles. The van der Waals surface area contributed by atoms with Gasteiger partial charge in [-0.05, 0) is 79.6 Å². The Bertz CT molecular complexity index is 2410. The van der Waals surface area contributed by atoms with Crippen molar-refractivity contribution in [2.75, 3.05) is 49.5 Å². The van der Waals surface area contributed by atoms with Crippen LogP contribution in [0.1, 0.15) is 75.7 Å². The molecule has 4 aromatic rings. The fourth-order valence-electron chi connectivity index (χ4n) is 8.81. The Morgan fingerprint density at radius 1 is 0.932 bits per heavy atom. The minimum Gasteiger partial charge on any atom is -0.477 e. The highest BCUT2D eigenvalue weighted by atomic mass is 19.1. The number of benzene rings is 2. The zero-order valence-corrected chi connectivity index (χ0v) is 33.5. The van der Waals surface area contributed by atoms with Crippen LogP contribution in [0.15, 0.2) is 53.7 Å². The molecule has 1 unspecified atom stereocenters. The Morgan fingerprint density at radius 2 is 1.73 bits per heavy atom. The van der Waals surface area contributed by atoms with Crippen molar-refractivity contribution >= 4 is 41.0 Å². The predicted molar refractivity (Wildman–Crippen MR) is 217 cm³/mol. The monoisotopic (exact) mass is 802 g/mol. The van der Waals surface area contributed by atoms with Crippen molar-refractivity contribution in [1.29, 1.82) is 0 Å². The van der Waals surface area contributed by atoms with E-state index in [1.165, 1.54) is 11.0 Å². The molecule has 2 aromatic heterocycles. The molecular formula is C43H47FN10O5. The van der Waals surface area contributed by atoms with Crippen LogP contribution in [0, 0.1) is 18.7 Å². The van der Waals surface area contributed by atoms with Gasteiger partial charge in [0.1, 0.15) is 11.9 Å². The van der Waals surface area contributed by atoms with E-state index in [0.717, 1.165) is 68.1 Å². The van der Waals surface area contributed by atoms with E-state index in [2.05, 4.69) is 60.5 Å². The molecule has 0 saturated carbocycles. The van der Waals surface area contributed by atoms with E-state index in [1.807, 2.05) is 14.0 Å². The number of rotatable bonds is 5. The van der Waals surface area contributed by atoms with Crippen molar-refractivity contribution < 1.29 is 28.3 Å². The molecule has 4 amide bonds. The largest absolute Gasteiger partial charge is 0.477 e. The molecule has 2 saturated heterocycles. The Labute approximate surface area is 341 Å². The molecule has 9 rings (SSSR count). The summed E-state index contributed by atoms with van der Waals surface area (Å²) in [5.74, 6) is -0.625. The molecule has 16 heteroatoms. The molecular weight excluding hydrogens is 756 g/mol. The third-order valence-corrected chi connectivity index (χ3v) is 12.0. The second-order valence-corrected chi connectivity index (χ2v) is 16.3. The first-order chi connectivity index (χ1) is 28.5. The molecule has 306 valence electrons. The van der Waals surface area contributed by atoms with Crippen LogP contribution in [0.5, 0.6) is 5.88 Å². The Hall–Kier alpha value is -6.00. The minimum atomic E-state index is -0.738. The number of halogens is 1. The molecule has 5 aliphatic heterocycles. The molecule has 2 bridgehead atoms. The highest BCUT2D eigenvalue weighted by Crippen LogP contribution is 2.36. The number of hydrogen-bond donors (Lipinski definition) is 2. The minimum absolute atomic E-state index is 0.168. The highest BCUT2D eigenvalue weighted by molar-refractivity contribution is 6.19. The predicted octanol–water partition coefficient (Wildman–Crippen LogP) is 4.25. The van der Waals surface area contributed by atoms with Gasteiger partial charge < -0.3 is 19.9 Å². The van der Waals surface area contributed by atoms with Gasteiger partial charge in [0.25, 0.3) is 11.8 Å². The lowest BCUT2D eigenvalue weighted by Gasteiger charge is -2.35. The normalized spacial score (nSPS) is 22.3. The second-order valence-electron chi connectivity index (χ2n) is 16.3. The molecule has 2 N–H and O–H groups in total. The van der Waals surface area contributed by atoms with Gasteiger partial charge in [0.15, 0.2) is 0 Å². The first-order valence-corrected chi connectivity index (χ1v) is 20.3. The number of carbonyl (C=O) groups excluding carboxylic acids is 4. The number of hydrogen-bond acceptors (Lipinski definition) is 11.